The van der Waals surface area contributed by atoms with Gasteiger partial charge < -0.3 is 14.8 Å². The molecule has 5 heteroatoms. The molecule has 1 N–H and O–H groups in total. The first-order chi connectivity index (χ1) is 9.25. The summed E-state index contributed by atoms with van der Waals surface area (Å²) in [5.41, 5.74) is 0.944. The van der Waals surface area contributed by atoms with Crippen LogP contribution in [0.4, 0.5) is 5.69 Å². The highest BCUT2D eigenvalue weighted by atomic mass is 32.2. The normalized spacial score (nSPS) is 18.7. The minimum atomic E-state index is 0.441. The van der Waals surface area contributed by atoms with Crippen molar-refractivity contribution in [3.05, 3.63) is 18.2 Å². The van der Waals surface area contributed by atoms with Crippen LogP contribution >= 0.6 is 11.8 Å². The number of nitrogens with zero attached hydrogens (tertiary/aromatic N) is 1. The van der Waals surface area contributed by atoms with Crippen molar-refractivity contribution in [1.82, 2.24) is 0 Å². The molecule has 0 amide bonds. The van der Waals surface area contributed by atoms with Crippen molar-refractivity contribution >= 4 is 22.6 Å². The van der Waals surface area contributed by atoms with Crippen LogP contribution in [0.3, 0.4) is 0 Å². The molecule has 104 valence electrons. The smallest absolute Gasteiger partial charge is 0.161 e. The molecule has 1 atom stereocenters. The van der Waals surface area contributed by atoms with E-state index >= 15 is 0 Å². The van der Waals surface area contributed by atoms with Gasteiger partial charge in [-0.05, 0) is 12.8 Å². The molecular weight excluding hydrogens is 260 g/mol. The highest BCUT2D eigenvalue weighted by Crippen LogP contribution is 2.28. The van der Waals surface area contributed by atoms with Gasteiger partial charge in [-0.15, -0.1) is 0 Å². The topological polar surface area (TPSA) is 42.8 Å². The number of ether oxygens (including phenoxy) is 2. The van der Waals surface area contributed by atoms with Crippen molar-refractivity contribution in [3.63, 3.8) is 0 Å². The lowest BCUT2D eigenvalue weighted by Crippen LogP contribution is -2.19. The van der Waals surface area contributed by atoms with Crippen molar-refractivity contribution < 1.29 is 9.47 Å². The average molecular weight is 280 g/mol. The van der Waals surface area contributed by atoms with Gasteiger partial charge in [-0.25, -0.2) is 0 Å². The highest BCUT2D eigenvalue weighted by Gasteiger charge is 2.14. The van der Waals surface area contributed by atoms with Gasteiger partial charge in [0.2, 0.25) is 0 Å². The molecule has 1 aliphatic heterocycles. The lowest BCUT2D eigenvalue weighted by Gasteiger charge is -2.20. The first-order valence-electron chi connectivity index (χ1n) is 6.46. The van der Waals surface area contributed by atoms with Gasteiger partial charge in [0.25, 0.3) is 0 Å². The van der Waals surface area contributed by atoms with Gasteiger partial charge in [-0.1, -0.05) is 18.7 Å². The van der Waals surface area contributed by atoms with Crippen LogP contribution in [0.5, 0.6) is 11.5 Å². The average Bonchev–Trinajstić information content (AvgIpc) is 2.47. The second-order valence-electron chi connectivity index (χ2n) is 4.36. The Morgan fingerprint density at radius 1 is 1.26 bits per heavy atom. The molecular formula is C14H20N2O2S. The summed E-state index contributed by atoms with van der Waals surface area (Å²) in [6.07, 6.45) is 2.25. The molecule has 0 spiro atoms. The van der Waals surface area contributed by atoms with Crippen LogP contribution in [0.2, 0.25) is 0 Å². The lowest BCUT2D eigenvalue weighted by molar-refractivity contribution is 0.395. The molecule has 0 bridgehead atoms. The van der Waals surface area contributed by atoms with E-state index in [0.29, 0.717) is 6.04 Å². The number of aliphatic imine (C=N–C) groups is 1. The molecule has 1 heterocycles. The third-order valence-corrected chi connectivity index (χ3v) is 3.98. The SMILES string of the molecule is CCC1CCSC(Nc2cc(OC)cc(OC)c2)=N1. The standard InChI is InChI=1S/C14H20N2O2S/c1-4-10-5-6-19-14(15-10)16-11-7-12(17-2)9-13(8-11)18-3/h7-10H,4-6H2,1-3H3,(H,15,16). The van der Waals surface area contributed by atoms with Gasteiger partial charge >= 0.3 is 0 Å². The van der Waals surface area contributed by atoms with Crippen molar-refractivity contribution in [1.29, 1.82) is 0 Å². The maximum absolute atomic E-state index is 5.26. The zero-order chi connectivity index (χ0) is 13.7. The van der Waals surface area contributed by atoms with E-state index in [4.69, 9.17) is 14.5 Å². The number of rotatable bonds is 4. The van der Waals surface area contributed by atoms with Crippen LogP contribution in [-0.2, 0) is 0 Å². The van der Waals surface area contributed by atoms with Crippen LogP contribution < -0.4 is 14.8 Å². The number of anilines is 1. The molecule has 1 aliphatic rings. The van der Waals surface area contributed by atoms with Crippen molar-refractivity contribution in [2.45, 2.75) is 25.8 Å². The lowest BCUT2D eigenvalue weighted by atomic mass is 10.2. The largest absolute Gasteiger partial charge is 0.497 e. The Morgan fingerprint density at radius 2 is 1.95 bits per heavy atom. The first-order valence-corrected chi connectivity index (χ1v) is 7.44. The van der Waals surface area contributed by atoms with Gasteiger partial charge in [-0.2, -0.15) is 0 Å². The molecule has 0 aliphatic carbocycles. The summed E-state index contributed by atoms with van der Waals surface area (Å²) >= 11 is 1.76. The summed E-state index contributed by atoms with van der Waals surface area (Å²) < 4.78 is 10.5. The van der Waals surface area contributed by atoms with E-state index in [1.54, 1.807) is 26.0 Å². The second-order valence-corrected chi connectivity index (χ2v) is 5.44. The van der Waals surface area contributed by atoms with Gasteiger partial charge in [-0.3, -0.25) is 4.99 Å². The predicted octanol–water partition coefficient (Wildman–Crippen LogP) is 3.39. The van der Waals surface area contributed by atoms with Crippen molar-refractivity contribution in [2.24, 2.45) is 4.99 Å². The summed E-state index contributed by atoms with van der Waals surface area (Å²) in [5.74, 6) is 2.66. The Labute approximate surface area is 118 Å². The summed E-state index contributed by atoms with van der Waals surface area (Å²) in [7, 11) is 3.30. The molecule has 2 rings (SSSR count). The van der Waals surface area contributed by atoms with E-state index in [9.17, 15) is 0 Å². The number of hydrogen-bond acceptors (Lipinski definition) is 5. The number of thioether (sulfide) groups is 1. The van der Waals surface area contributed by atoms with Gasteiger partial charge in [0.1, 0.15) is 11.5 Å². The summed E-state index contributed by atoms with van der Waals surface area (Å²) in [4.78, 5) is 4.69. The second kappa shape index (κ2) is 6.70. The summed E-state index contributed by atoms with van der Waals surface area (Å²) in [6, 6.07) is 6.19. The quantitative estimate of drug-likeness (QED) is 0.918. The van der Waals surface area contributed by atoms with Gasteiger partial charge in [0.15, 0.2) is 5.17 Å². The fourth-order valence-corrected chi connectivity index (χ4v) is 2.92. The first kappa shape index (κ1) is 14.1. The van der Waals surface area contributed by atoms with Gasteiger partial charge in [0.05, 0.1) is 20.3 Å². The molecule has 19 heavy (non-hydrogen) atoms. The van der Waals surface area contributed by atoms with E-state index in [1.807, 2.05) is 18.2 Å². The van der Waals surface area contributed by atoms with Gasteiger partial charge in [0, 0.05) is 29.6 Å². The predicted molar refractivity (Wildman–Crippen MR) is 81.8 cm³/mol. The Kier molecular flexibility index (Phi) is 4.96. The Hall–Kier alpha value is -1.36. The molecule has 0 aromatic heterocycles. The number of methoxy groups -OCH3 is 2. The molecule has 0 saturated heterocycles. The van der Waals surface area contributed by atoms with Crippen LogP contribution in [0, 0.1) is 0 Å². The molecule has 4 nitrogen and oxygen atoms in total. The maximum atomic E-state index is 5.26. The molecule has 1 aromatic rings. The molecule has 1 aromatic carbocycles. The molecule has 1 unspecified atom stereocenters. The highest BCUT2D eigenvalue weighted by molar-refractivity contribution is 8.14. The van der Waals surface area contributed by atoms with Crippen LogP contribution in [-0.4, -0.2) is 31.2 Å². The van der Waals surface area contributed by atoms with E-state index < -0.39 is 0 Å². The third kappa shape index (κ3) is 3.80. The fourth-order valence-electron chi connectivity index (χ4n) is 1.93. The number of hydrogen-bond donors (Lipinski definition) is 1. The van der Waals surface area contributed by atoms with E-state index in [-0.39, 0.29) is 0 Å². The Bertz CT molecular complexity index is 441. The van der Waals surface area contributed by atoms with Crippen LogP contribution in [0.1, 0.15) is 19.8 Å². The number of benzene rings is 1. The van der Waals surface area contributed by atoms with Crippen LogP contribution in [0.15, 0.2) is 23.2 Å². The minimum absolute atomic E-state index is 0.441. The van der Waals surface area contributed by atoms with Crippen LogP contribution in [0.25, 0.3) is 0 Å². The maximum Gasteiger partial charge on any atom is 0.161 e. The third-order valence-electron chi connectivity index (χ3n) is 3.06. The zero-order valence-corrected chi connectivity index (χ0v) is 12.4. The number of amidine groups is 1. The molecule has 0 saturated carbocycles. The number of nitrogens with one attached hydrogen (secondary N) is 1. The van der Waals surface area contributed by atoms with E-state index in [2.05, 4.69) is 12.2 Å². The van der Waals surface area contributed by atoms with E-state index in [0.717, 1.165) is 40.9 Å². The zero-order valence-electron chi connectivity index (χ0n) is 11.6. The molecule has 0 fully saturated rings. The molecule has 0 radical (unpaired) electrons. The van der Waals surface area contributed by atoms with Crippen molar-refractivity contribution in [2.75, 3.05) is 25.3 Å². The monoisotopic (exact) mass is 280 g/mol. The minimum Gasteiger partial charge on any atom is -0.497 e. The van der Waals surface area contributed by atoms with E-state index in [1.165, 1.54) is 0 Å². The fraction of sp³-hybridized carbons (Fsp3) is 0.500. The summed E-state index contributed by atoms with van der Waals surface area (Å²) in [6.45, 7) is 2.18. The Morgan fingerprint density at radius 3 is 2.53 bits per heavy atom. The Balaban J connectivity index is 2.16. The van der Waals surface area contributed by atoms with Crippen molar-refractivity contribution in [3.8, 4) is 11.5 Å². The summed E-state index contributed by atoms with van der Waals surface area (Å²) in [5, 5.41) is 4.33.